The monoisotopic (exact) mass is 313 g/mol. The molecule has 0 unspecified atom stereocenters. The Balaban J connectivity index is 1.62. The van der Waals surface area contributed by atoms with Gasteiger partial charge in [-0.05, 0) is 18.2 Å². The van der Waals surface area contributed by atoms with E-state index in [-0.39, 0.29) is 12.5 Å². The lowest BCUT2D eigenvalue weighted by molar-refractivity contribution is -0.122. The predicted molar refractivity (Wildman–Crippen MR) is 84.7 cm³/mol. The first-order valence-electron chi connectivity index (χ1n) is 6.59. The van der Waals surface area contributed by atoms with Crippen LogP contribution in [-0.4, -0.2) is 27.1 Å². The fourth-order valence-corrected chi connectivity index (χ4v) is 2.08. The number of rotatable bonds is 4. The fraction of sp³-hybridized carbons (Fsp3) is 0.0667. The summed E-state index contributed by atoms with van der Waals surface area (Å²) in [6, 6.07) is 14.6. The van der Waals surface area contributed by atoms with Crippen LogP contribution in [0.15, 0.2) is 53.6 Å². The number of nitrogens with one attached hydrogen (secondary N) is 1. The molecule has 0 fully saturated rings. The molecule has 0 aliphatic carbocycles. The Morgan fingerprint density at radius 3 is 2.45 bits per heavy atom. The maximum absolute atomic E-state index is 11.8. The van der Waals surface area contributed by atoms with Crippen LogP contribution in [0, 0.1) is 0 Å². The van der Waals surface area contributed by atoms with Gasteiger partial charge < -0.3 is 0 Å². The van der Waals surface area contributed by atoms with Crippen molar-refractivity contribution in [3.05, 3.63) is 59.1 Å². The SMILES string of the molecule is O=C(Cn1nc2ccccc2n1)N/N=C/c1ccccc1Cl. The third-order valence-electron chi connectivity index (χ3n) is 2.91. The van der Waals surface area contributed by atoms with Crippen molar-refractivity contribution in [3.63, 3.8) is 0 Å². The molecule has 2 aromatic carbocycles. The Bertz CT molecular complexity index is 810. The molecule has 7 heteroatoms. The van der Waals surface area contributed by atoms with E-state index >= 15 is 0 Å². The second-order valence-electron chi connectivity index (χ2n) is 4.53. The van der Waals surface area contributed by atoms with Crippen molar-refractivity contribution in [2.75, 3.05) is 0 Å². The van der Waals surface area contributed by atoms with E-state index in [1.165, 1.54) is 11.0 Å². The van der Waals surface area contributed by atoms with Crippen LogP contribution < -0.4 is 5.43 Å². The highest BCUT2D eigenvalue weighted by Gasteiger charge is 2.06. The second-order valence-corrected chi connectivity index (χ2v) is 4.94. The number of halogens is 1. The molecule has 0 aliphatic heterocycles. The summed E-state index contributed by atoms with van der Waals surface area (Å²) < 4.78 is 0. The Labute approximate surface area is 131 Å². The average Bonchev–Trinajstić information content (AvgIpc) is 2.91. The van der Waals surface area contributed by atoms with E-state index in [9.17, 15) is 4.79 Å². The van der Waals surface area contributed by atoms with Crippen molar-refractivity contribution in [3.8, 4) is 0 Å². The zero-order chi connectivity index (χ0) is 15.4. The Hall–Kier alpha value is -2.73. The zero-order valence-electron chi connectivity index (χ0n) is 11.5. The van der Waals surface area contributed by atoms with Crippen molar-refractivity contribution in [1.29, 1.82) is 0 Å². The molecule has 3 aromatic rings. The molecule has 1 amide bonds. The quantitative estimate of drug-likeness (QED) is 0.593. The van der Waals surface area contributed by atoms with E-state index in [0.717, 1.165) is 16.6 Å². The van der Waals surface area contributed by atoms with Crippen LogP contribution in [0.4, 0.5) is 0 Å². The number of carbonyl (C=O) groups is 1. The summed E-state index contributed by atoms with van der Waals surface area (Å²) in [5, 5.41) is 12.9. The topological polar surface area (TPSA) is 72.2 Å². The smallest absolute Gasteiger partial charge is 0.263 e. The van der Waals surface area contributed by atoms with Crippen molar-refractivity contribution in [2.24, 2.45) is 5.10 Å². The largest absolute Gasteiger partial charge is 0.271 e. The summed E-state index contributed by atoms with van der Waals surface area (Å²) in [5.41, 5.74) is 4.64. The summed E-state index contributed by atoms with van der Waals surface area (Å²) >= 11 is 5.99. The lowest BCUT2D eigenvalue weighted by atomic mass is 10.2. The molecule has 110 valence electrons. The van der Waals surface area contributed by atoms with Gasteiger partial charge in [0.2, 0.25) is 0 Å². The third-order valence-corrected chi connectivity index (χ3v) is 3.26. The van der Waals surface area contributed by atoms with Gasteiger partial charge >= 0.3 is 0 Å². The number of nitrogens with zero attached hydrogens (tertiary/aromatic N) is 4. The molecule has 22 heavy (non-hydrogen) atoms. The van der Waals surface area contributed by atoms with Gasteiger partial charge in [0.05, 0.1) is 6.21 Å². The Morgan fingerprint density at radius 2 is 1.77 bits per heavy atom. The number of hydrogen-bond donors (Lipinski definition) is 1. The van der Waals surface area contributed by atoms with Crippen LogP contribution in [-0.2, 0) is 11.3 Å². The molecule has 1 N–H and O–H groups in total. The highest BCUT2D eigenvalue weighted by atomic mass is 35.5. The van der Waals surface area contributed by atoms with Crippen molar-refractivity contribution < 1.29 is 4.79 Å². The first-order chi connectivity index (χ1) is 10.7. The minimum Gasteiger partial charge on any atom is -0.271 e. The molecule has 1 aromatic heterocycles. The highest BCUT2D eigenvalue weighted by Crippen LogP contribution is 2.12. The summed E-state index contributed by atoms with van der Waals surface area (Å²) in [4.78, 5) is 13.1. The van der Waals surface area contributed by atoms with E-state index in [2.05, 4.69) is 20.7 Å². The number of amides is 1. The molecule has 0 aliphatic rings. The fourth-order valence-electron chi connectivity index (χ4n) is 1.89. The molecule has 0 saturated carbocycles. The number of hydrazone groups is 1. The molecular formula is C15H12ClN5O. The summed E-state index contributed by atoms with van der Waals surface area (Å²) in [5.74, 6) is -0.316. The van der Waals surface area contributed by atoms with Crippen LogP contribution in [0.25, 0.3) is 11.0 Å². The maximum atomic E-state index is 11.8. The Kier molecular flexibility index (Phi) is 4.11. The van der Waals surface area contributed by atoms with Gasteiger partial charge in [-0.3, -0.25) is 4.79 Å². The van der Waals surface area contributed by atoms with Gasteiger partial charge in [0.25, 0.3) is 5.91 Å². The highest BCUT2D eigenvalue weighted by molar-refractivity contribution is 6.33. The van der Waals surface area contributed by atoms with Crippen LogP contribution in [0.3, 0.4) is 0 Å². The third kappa shape index (κ3) is 3.29. The molecule has 0 saturated heterocycles. The molecule has 3 rings (SSSR count). The number of aromatic nitrogens is 3. The van der Waals surface area contributed by atoms with Gasteiger partial charge in [-0.1, -0.05) is 41.9 Å². The van der Waals surface area contributed by atoms with Crippen LogP contribution >= 0.6 is 11.6 Å². The molecule has 0 radical (unpaired) electrons. The number of carbonyl (C=O) groups excluding carboxylic acids is 1. The lowest BCUT2D eigenvalue weighted by Crippen LogP contribution is -2.24. The molecule has 0 atom stereocenters. The molecule has 1 heterocycles. The van der Waals surface area contributed by atoms with Crippen LogP contribution in [0.5, 0.6) is 0 Å². The standard InChI is InChI=1S/C15H12ClN5O/c16-12-6-2-1-5-11(12)9-17-18-15(22)10-21-19-13-7-3-4-8-14(13)20-21/h1-9H,10H2,(H,18,22)/b17-9+. The van der Waals surface area contributed by atoms with Gasteiger partial charge in [-0.2, -0.15) is 20.1 Å². The van der Waals surface area contributed by atoms with Crippen molar-refractivity contribution in [2.45, 2.75) is 6.54 Å². The van der Waals surface area contributed by atoms with Crippen LogP contribution in [0.1, 0.15) is 5.56 Å². The van der Waals surface area contributed by atoms with E-state index in [4.69, 9.17) is 11.6 Å². The summed E-state index contributed by atoms with van der Waals surface area (Å²) in [6.45, 7) is -0.00541. The molecule has 0 bridgehead atoms. The maximum Gasteiger partial charge on any atom is 0.263 e. The minimum atomic E-state index is -0.316. The molecule has 6 nitrogen and oxygen atoms in total. The van der Waals surface area contributed by atoms with Crippen molar-refractivity contribution >= 4 is 34.8 Å². The van der Waals surface area contributed by atoms with Gasteiger partial charge in [0, 0.05) is 10.6 Å². The summed E-state index contributed by atoms with van der Waals surface area (Å²) in [7, 11) is 0. The first kappa shape index (κ1) is 14.2. The lowest BCUT2D eigenvalue weighted by Gasteiger charge is -1.99. The molecular weight excluding hydrogens is 302 g/mol. The van der Waals surface area contributed by atoms with E-state index in [0.29, 0.717) is 5.02 Å². The Morgan fingerprint density at radius 1 is 1.14 bits per heavy atom. The van der Waals surface area contributed by atoms with Crippen LogP contribution in [0.2, 0.25) is 5.02 Å². The zero-order valence-corrected chi connectivity index (χ0v) is 12.2. The van der Waals surface area contributed by atoms with E-state index in [1.807, 2.05) is 36.4 Å². The minimum absolute atomic E-state index is 0.00541. The normalized spacial score (nSPS) is 11.1. The second kappa shape index (κ2) is 6.36. The van der Waals surface area contributed by atoms with E-state index < -0.39 is 0 Å². The van der Waals surface area contributed by atoms with E-state index in [1.54, 1.807) is 12.1 Å². The first-order valence-corrected chi connectivity index (χ1v) is 6.96. The predicted octanol–water partition coefficient (Wildman–Crippen LogP) is 2.24. The van der Waals surface area contributed by atoms with Gasteiger partial charge in [-0.15, -0.1) is 0 Å². The van der Waals surface area contributed by atoms with Gasteiger partial charge in [0.1, 0.15) is 17.6 Å². The van der Waals surface area contributed by atoms with Gasteiger partial charge in [-0.25, -0.2) is 5.43 Å². The summed E-state index contributed by atoms with van der Waals surface area (Å²) in [6.07, 6.45) is 1.49. The van der Waals surface area contributed by atoms with Crippen molar-refractivity contribution in [1.82, 2.24) is 20.4 Å². The molecule has 0 spiro atoms. The van der Waals surface area contributed by atoms with Gasteiger partial charge in [0.15, 0.2) is 0 Å². The average molecular weight is 314 g/mol. The number of fused-ring (bicyclic) bond motifs is 1. The number of hydrogen-bond acceptors (Lipinski definition) is 4. The number of benzene rings is 2.